The molecule has 0 radical (unpaired) electrons. The number of hydrogen-bond acceptors (Lipinski definition) is 1. The number of benzene rings is 1. The topological polar surface area (TPSA) is 12.0 Å². The standard InChI is InChI=1S/C18H29ClFN/c1-3-5-6-7-8-9-10-17(21-4-2)13-15-11-12-16(20)14-18(15)19/h11-12,14,17,21H,3-10,13H2,1-2H3. The van der Waals surface area contributed by atoms with Crippen LogP contribution in [0.2, 0.25) is 5.02 Å². The molecule has 0 aliphatic rings. The van der Waals surface area contributed by atoms with Crippen molar-refractivity contribution in [1.82, 2.24) is 5.32 Å². The van der Waals surface area contributed by atoms with Gasteiger partial charge in [0.2, 0.25) is 0 Å². The minimum atomic E-state index is -0.264. The molecule has 3 heteroatoms. The molecule has 120 valence electrons. The van der Waals surface area contributed by atoms with E-state index in [1.807, 2.05) is 6.07 Å². The second-order valence-corrected chi connectivity index (χ2v) is 6.16. The summed E-state index contributed by atoms with van der Waals surface area (Å²) in [7, 11) is 0. The first kappa shape index (κ1) is 18.4. The van der Waals surface area contributed by atoms with Crippen molar-refractivity contribution in [3.05, 3.63) is 34.6 Å². The summed E-state index contributed by atoms with van der Waals surface area (Å²) in [6, 6.07) is 5.15. The number of nitrogens with one attached hydrogen (secondary N) is 1. The first-order valence-electron chi connectivity index (χ1n) is 8.34. The van der Waals surface area contributed by atoms with Crippen molar-refractivity contribution in [2.45, 2.75) is 71.3 Å². The fraction of sp³-hybridized carbons (Fsp3) is 0.667. The zero-order valence-electron chi connectivity index (χ0n) is 13.4. The molecule has 0 aliphatic carbocycles. The van der Waals surface area contributed by atoms with Crippen molar-refractivity contribution in [1.29, 1.82) is 0 Å². The lowest BCUT2D eigenvalue weighted by molar-refractivity contribution is 0.459. The lowest BCUT2D eigenvalue weighted by atomic mass is 9.99. The van der Waals surface area contributed by atoms with Gasteiger partial charge in [-0.25, -0.2) is 4.39 Å². The molecule has 0 saturated heterocycles. The molecule has 1 N–H and O–H groups in total. The van der Waals surface area contributed by atoms with Gasteiger partial charge in [-0.2, -0.15) is 0 Å². The molecule has 0 aromatic heterocycles. The molecule has 0 heterocycles. The maximum absolute atomic E-state index is 13.1. The average Bonchev–Trinajstić information content (AvgIpc) is 2.45. The molecular formula is C18H29ClFN. The molecule has 1 rings (SSSR count). The summed E-state index contributed by atoms with van der Waals surface area (Å²) in [6.07, 6.45) is 9.93. The second-order valence-electron chi connectivity index (χ2n) is 5.75. The van der Waals surface area contributed by atoms with Crippen LogP contribution < -0.4 is 5.32 Å². The van der Waals surface area contributed by atoms with Crippen LogP contribution in [0, 0.1) is 5.82 Å². The third kappa shape index (κ3) is 7.82. The van der Waals surface area contributed by atoms with E-state index in [4.69, 9.17) is 11.6 Å². The van der Waals surface area contributed by atoms with Crippen LogP contribution in [0.25, 0.3) is 0 Å². The van der Waals surface area contributed by atoms with Crippen LogP contribution in [-0.2, 0) is 6.42 Å². The minimum Gasteiger partial charge on any atom is -0.314 e. The molecule has 1 atom stereocenters. The smallest absolute Gasteiger partial charge is 0.124 e. The highest BCUT2D eigenvalue weighted by molar-refractivity contribution is 6.31. The minimum absolute atomic E-state index is 0.264. The molecule has 0 amide bonds. The first-order valence-corrected chi connectivity index (χ1v) is 8.72. The van der Waals surface area contributed by atoms with Gasteiger partial charge in [-0.05, 0) is 37.1 Å². The van der Waals surface area contributed by atoms with Gasteiger partial charge in [0.25, 0.3) is 0 Å². The summed E-state index contributed by atoms with van der Waals surface area (Å²) in [6.45, 7) is 5.33. The van der Waals surface area contributed by atoms with E-state index < -0.39 is 0 Å². The molecule has 1 unspecified atom stereocenters. The SMILES string of the molecule is CCCCCCCCC(Cc1ccc(F)cc1Cl)NCC. The maximum Gasteiger partial charge on any atom is 0.124 e. The Kier molecular flexibility index (Phi) is 9.69. The van der Waals surface area contributed by atoms with Crippen LogP contribution in [0.5, 0.6) is 0 Å². The van der Waals surface area contributed by atoms with E-state index >= 15 is 0 Å². The zero-order chi connectivity index (χ0) is 15.5. The summed E-state index contributed by atoms with van der Waals surface area (Å²) < 4.78 is 13.1. The summed E-state index contributed by atoms with van der Waals surface area (Å²) >= 11 is 6.12. The molecule has 0 bridgehead atoms. The Morgan fingerprint density at radius 1 is 1.10 bits per heavy atom. The number of likely N-dealkylation sites (N-methyl/N-ethyl adjacent to an activating group) is 1. The normalized spacial score (nSPS) is 12.6. The van der Waals surface area contributed by atoms with Gasteiger partial charge in [0.15, 0.2) is 0 Å². The number of rotatable bonds is 11. The van der Waals surface area contributed by atoms with Gasteiger partial charge >= 0.3 is 0 Å². The van der Waals surface area contributed by atoms with Crippen LogP contribution in [-0.4, -0.2) is 12.6 Å². The molecule has 0 aliphatic heterocycles. The lowest BCUT2D eigenvalue weighted by Crippen LogP contribution is -2.31. The largest absolute Gasteiger partial charge is 0.314 e. The highest BCUT2D eigenvalue weighted by atomic mass is 35.5. The van der Waals surface area contributed by atoms with Crippen LogP contribution in [0.15, 0.2) is 18.2 Å². The monoisotopic (exact) mass is 313 g/mol. The van der Waals surface area contributed by atoms with Crippen molar-refractivity contribution in [2.75, 3.05) is 6.54 Å². The van der Waals surface area contributed by atoms with Gasteiger partial charge in [0, 0.05) is 11.1 Å². The first-order chi connectivity index (χ1) is 10.2. The summed E-state index contributed by atoms with van der Waals surface area (Å²) in [5, 5.41) is 4.07. The Labute approximate surface area is 134 Å². The van der Waals surface area contributed by atoms with Crippen LogP contribution in [0.4, 0.5) is 4.39 Å². The van der Waals surface area contributed by atoms with Crippen molar-refractivity contribution >= 4 is 11.6 Å². The van der Waals surface area contributed by atoms with E-state index in [9.17, 15) is 4.39 Å². The Hall–Kier alpha value is -0.600. The average molecular weight is 314 g/mol. The van der Waals surface area contributed by atoms with E-state index in [0.717, 1.165) is 24.9 Å². The van der Waals surface area contributed by atoms with Crippen molar-refractivity contribution in [3.63, 3.8) is 0 Å². The van der Waals surface area contributed by atoms with E-state index in [1.165, 1.54) is 50.7 Å². The zero-order valence-corrected chi connectivity index (χ0v) is 14.2. The third-order valence-corrected chi connectivity index (χ3v) is 4.23. The van der Waals surface area contributed by atoms with Gasteiger partial charge in [-0.1, -0.05) is 70.0 Å². The fourth-order valence-corrected chi connectivity index (χ4v) is 2.93. The third-order valence-electron chi connectivity index (χ3n) is 3.88. The highest BCUT2D eigenvalue weighted by Crippen LogP contribution is 2.20. The molecule has 0 saturated carbocycles. The Morgan fingerprint density at radius 3 is 2.48 bits per heavy atom. The number of halogens is 2. The quantitative estimate of drug-likeness (QED) is 0.513. The molecule has 0 fully saturated rings. The van der Waals surface area contributed by atoms with E-state index in [0.29, 0.717) is 11.1 Å². The number of unbranched alkanes of at least 4 members (excludes halogenated alkanes) is 5. The van der Waals surface area contributed by atoms with E-state index in [-0.39, 0.29) is 5.82 Å². The van der Waals surface area contributed by atoms with Crippen molar-refractivity contribution < 1.29 is 4.39 Å². The van der Waals surface area contributed by atoms with Gasteiger partial charge in [0.05, 0.1) is 0 Å². The van der Waals surface area contributed by atoms with Crippen LogP contribution in [0.1, 0.15) is 64.4 Å². The predicted octanol–water partition coefficient (Wildman–Crippen LogP) is 5.75. The van der Waals surface area contributed by atoms with Gasteiger partial charge < -0.3 is 5.32 Å². The highest BCUT2D eigenvalue weighted by Gasteiger charge is 2.11. The Balaban J connectivity index is 2.38. The molecule has 1 aromatic rings. The van der Waals surface area contributed by atoms with Crippen molar-refractivity contribution in [2.24, 2.45) is 0 Å². The molecule has 1 aromatic carbocycles. The lowest BCUT2D eigenvalue weighted by Gasteiger charge is -2.18. The molecule has 21 heavy (non-hydrogen) atoms. The van der Waals surface area contributed by atoms with Gasteiger partial charge in [0.1, 0.15) is 5.82 Å². The maximum atomic E-state index is 13.1. The van der Waals surface area contributed by atoms with E-state index in [2.05, 4.69) is 19.2 Å². The second kappa shape index (κ2) is 11.0. The molecule has 1 nitrogen and oxygen atoms in total. The molecule has 0 spiro atoms. The fourth-order valence-electron chi connectivity index (χ4n) is 2.69. The van der Waals surface area contributed by atoms with E-state index in [1.54, 1.807) is 0 Å². The van der Waals surface area contributed by atoms with Crippen LogP contribution >= 0.6 is 11.6 Å². The van der Waals surface area contributed by atoms with Crippen LogP contribution in [0.3, 0.4) is 0 Å². The van der Waals surface area contributed by atoms with Gasteiger partial charge in [-0.3, -0.25) is 0 Å². The Morgan fingerprint density at radius 2 is 1.81 bits per heavy atom. The summed E-state index contributed by atoms with van der Waals surface area (Å²) in [4.78, 5) is 0. The summed E-state index contributed by atoms with van der Waals surface area (Å²) in [5.74, 6) is -0.264. The summed E-state index contributed by atoms with van der Waals surface area (Å²) in [5.41, 5.74) is 1.04. The predicted molar refractivity (Wildman–Crippen MR) is 90.6 cm³/mol. The van der Waals surface area contributed by atoms with Crippen molar-refractivity contribution in [3.8, 4) is 0 Å². The Bertz CT molecular complexity index is 395. The number of hydrogen-bond donors (Lipinski definition) is 1. The molecular weight excluding hydrogens is 285 g/mol. The van der Waals surface area contributed by atoms with Gasteiger partial charge in [-0.15, -0.1) is 0 Å².